The summed E-state index contributed by atoms with van der Waals surface area (Å²) in [5, 5.41) is 0. The molecular weight excluding hydrogens is 318 g/mol. The van der Waals surface area contributed by atoms with Crippen LogP contribution in [-0.4, -0.2) is 45.7 Å². The lowest BCUT2D eigenvalue weighted by molar-refractivity contribution is -0.129. The molecule has 0 radical (unpaired) electrons. The fraction of sp³-hybridized carbons (Fsp3) is 0.350. The van der Waals surface area contributed by atoms with Crippen LogP contribution in [0.1, 0.15) is 11.1 Å². The second kappa shape index (κ2) is 8.97. The lowest BCUT2D eigenvalue weighted by atomic mass is 10.1. The average molecular weight is 343 g/mol. The Bertz CT molecular complexity index is 675. The Hall–Kier alpha value is -2.69. The molecule has 0 spiro atoms. The van der Waals surface area contributed by atoms with Crippen molar-refractivity contribution in [3.05, 3.63) is 53.6 Å². The SMILES string of the molecule is COc1cc(CCN(C)C(=O)Cc2ccccc2)cc(OC)c1OC. The van der Waals surface area contributed by atoms with E-state index in [1.807, 2.05) is 49.5 Å². The second-order valence-corrected chi connectivity index (χ2v) is 5.76. The first-order chi connectivity index (χ1) is 12.1. The van der Waals surface area contributed by atoms with E-state index in [0.29, 0.717) is 36.6 Å². The summed E-state index contributed by atoms with van der Waals surface area (Å²) in [5.41, 5.74) is 2.04. The van der Waals surface area contributed by atoms with Crippen LogP contribution in [0.15, 0.2) is 42.5 Å². The number of carbonyl (C=O) groups excluding carboxylic acids is 1. The third-order valence-electron chi connectivity index (χ3n) is 4.08. The first-order valence-corrected chi connectivity index (χ1v) is 8.15. The molecular formula is C20H25NO4. The largest absolute Gasteiger partial charge is 0.493 e. The summed E-state index contributed by atoms with van der Waals surface area (Å²) in [6.07, 6.45) is 1.11. The van der Waals surface area contributed by atoms with Crippen LogP contribution in [0, 0.1) is 0 Å². The number of methoxy groups -OCH3 is 3. The van der Waals surface area contributed by atoms with Gasteiger partial charge in [0.15, 0.2) is 11.5 Å². The van der Waals surface area contributed by atoms with Crippen molar-refractivity contribution in [2.45, 2.75) is 12.8 Å². The Kier molecular flexibility index (Phi) is 6.69. The summed E-state index contributed by atoms with van der Waals surface area (Å²) in [7, 11) is 6.59. The minimum Gasteiger partial charge on any atom is -0.493 e. The van der Waals surface area contributed by atoms with Crippen molar-refractivity contribution in [1.82, 2.24) is 4.90 Å². The van der Waals surface area contributed by atoms with E-state index in [2.05, 4.69) is 0 Å². The quantitative estimate of drug-likeness (QED) is 0.739. The second-order valence-electron chi connectivity index (χ2n) is 5.76. The zero-order valence-electron chi connectivity index (χ0n) is 15.2. The highest BCUT2D eigenvalue weighted by Gasteiger charge is 2.14. The molecule has 0 aromatic heterocycles. The molecule has 134 valence electrons. The summed E-state index contributed by atoms with van der Waals surface area (Å²) in [6, 6.07) is 13.6. The van der Waals surface area contributed by atoms with Gasteiger partial charge in [-0.3, -0.25) is 4.79 Å². The highest BCUT2D eigenvalue weighted by Crippen LogP contribution is 2.38. The van der Waals surface area contributed by atoms with E-state index in [0.717, 1.165) is 11.1 Å². The molecule has 0 saturated heterocycles. The Morgan fingerprint density at radius 2 is 1.52 bits per heavy atom. The zero-order valence-corrected chi connectivity index (χ0v) is 15.2. The van der Waals surface area contributed by atoms with E-state index in [1.54, 1.807) is 26.2 Å². The molecule has 0 atom stereocenters. The third-order valence-corrected chi connectivity index (χ3v) is 4.08. The van der Waals surface area contributed by atoms with E-state index in [9.17, 15) is 4.79 Å². The van der Waals surface area contributed by atoms with Gasteiger partial charge in [0.1, 0.15) is 0 Å². The molecule has 0 unspecified atom stereocenters. The number of benzene rings is 2. The van der Waals surface area contributed by atoms with Crippen molar-refractivity contribution in [2.24, 2.45) is 0 Å². The van der Waals surface area contributed by atoms with Crippen molar-refractivity contribution in [1.29, 1.82) is 0 Å². The molecule has 1 amide bonds. The number of amides is 1. The molecule has 2 rings (SSSR count). The first-order valence-electron chi connectivity index (χ1n) is 8.15. The van der Waals surface area contributed by atoms with Crippen LogP contribution in [-0.2, 0) is 17.6 Å². The van der Waals surface area contributed by atoms with Crippen LogP contribution >= 0.6 is 0 Å². The minimum atomic E-state index is 0.0960. The van der Waals surface area contributed by atoms with Gasteiger partial charge in [-0.15, -0.1) is 0 Å². The molecule has 0 bridgehead atoms. The van der Waals surface area contributed by atoms with Gasteiger partial charge >= 0.3 is 0 Å². The van der Waals surface area contributed by atoms with Crippen LogP contribution in [0.2, 0.25) is 0 Å². The van der Waals surface area contributed by atoms with Gasteiger partial charge in [-0.05, 0) is 29.7 Å². The predicted octanol–water partition coefficient (Wildman–Crippen LogP) is 2.96. The Morgan fingerprint density at radius 1 is 0.920 bits per heavy atom. The number of hydrogen-bond donors (Lipinski definition) is 0. The maximum atomic E-state index is 12.3. The maximum Gasteiger partial charge on any atom is 0.226 e. The topological polar surface area (TPSA) is 48.0 Å². The van der Waals surface area contributed by atoms with Crippen LogP contribution < -0.4 is 14.2 Å². The summed E-state index contributed by atoms with van der Waals surface area (Å²) < 4.78 is 16.1. The van der Waals surface area contributed by atoms with Gasteiger partial charge in [0.05, 0.1) is 27.8 Å². The summed E-state index contributed by atoms with van der Waals surface area (Å²) in [4.78, 5) is 14.1. The van der Waals surface area contributed by atoms with Gasteiger partial charge < -0.3 is 19.1 Å². The van der Waals surface area contributed by atoms with Gasteiger partial charge in [0, 0.05) is 13.6 Å². The van der Waals surface area contributed by atoms with Gasteiger partial charge in [0.25, 0.3) is 0 Å². The van der Waals surface area contributed by atoms with Gasteiger partial charge in [-0.1, -0.05) is 30.3 Å². The van der Waals surface area contributed by atoms with Gasteiger partial charge in [-0.25, -0.2) is 0 Å². The molecule has 2 aromatic rings. The Balaban J connectivity index is 2.01. The van der Waals surface area contributed by atoms with Gasteiger partial charge in [0.2, 0.25) is 11.7 Å². The van der Waals surface area contributed by atoms with Crippen molar-refractivity contribution in [3.8, 4) is 17.2 Å². The lowest BCUT2D eigenvalue weighted by Crippen LogP contribution is -2.30. The van der Waals surface area contributed by atoms with Crippen molar-refractivity contribution < 1.29 is 19.0 Å². The zero-order chi connectivity index (χ0) is 18.2. The highest BCUT2D eigenvalue weighted by molar-refractivity contribution is 5.78. The smallest absolute Gasteiger partial charge is 0.226 e. The van der Waals surface area contributed by atoms with E-state index in [-0.39, 0.29) is 5.91 Å². The molecule has 0 N–H and O–H groups in total. The first kappa shape index (κ1) is 18.6. The van der Waals surface area contributed by atoms with Crippen LogP contribution in [0.5, 0.6) is 17.2 Å². The van der Waals surface area contributed by atoms with Gasteiger partial charge in [-0.2, -0.15) is 0 Å². The van der Waals surface area contributed by atoms with Crippen molar-refractivity contribution in [3.63, 3.8) is 0 Å². The average Bonchev–Trinajstić information content (AvgIpc) is 2.65. The molecule has 0 aliphatic carbocycles. The van der Waals surface area contributed by atoms with Crippen LogP contribution in [0.3, 0.4) is 0 Å². The summed E-state index contributed by atoms with van der Waals surface area (Å²) in [6.45, 7) is 0.615. The Labute approximate surface area is 149 Å². The van der Waals surface area contributed by atoms with Crippen LogP contribution in [0.4, 0.5) is 0 Å². The third kappa shape index (κ3) is 4.89. The van der Waals surface area contributed by atoms with E-state index < -0.39 is 0 Å². The molecule has 0 aliphatic rings. The summed E-state index contributed by atoms with van der Waals surface area (Å²) >= 11 is 0. The number of likely N-dealkylation sites (N-methyl/N-ethyl adjacent to an activating group) is 1. The van der Waals surface area contributed by atoms with Crippen LogP contribution in [0.25, 0.3) is 0 Å². The van der Waals surface area contributed by atoms with Crippen molar-refractivity contribution >= 4 is 5.91 Å². The Morgan fingerprint density at radius 3 is 2.04 bits per heavy atom. The maximum absolute atomic E-state index is 12.3. The molecule has 0 heterocycles. The molecule has 0 aliphatic heterocycles. The normalized spacial score (nSPS) is 10.2. The fourth-order valence-electron chi connectivity index (χ4n) is 2.61. The summed E-state index contributed by atoms with van der Waals surface area (Å²) in [5.74, 6) is 1.91. The molecule has 2 aromatic carbocycles. The predicted molar refractivity (Wildman–Crippen MR) is 97.6 cm³/mol. The number of hydrogen-bond acceptors (Lipinski definition) is 4. The standard InChI is InChI=1S/C20H25NO4/c1-21(19(22)14-15-8-6-5-7-9-15)11-10-16-12-17(23-2)20(25-4)18(13-16)24-3/h5-9,12-13H,10-11,14H2,1-4H3. The van der Waals surface area contributed by atoms with Crippen molar-refractivity contribution in [2.75, 3.05) is 34.9 Å². The van der Waals surface area contributed by atoms with E-state index in [1.165, 1.54) is 0 Å². The minimum absolute atomic E-state index is 0.0960. The van der Waals surface area contributed by atoms with E-state index >= 15 is 0 Å². The molecule has 25 heavy (non-hydrogen) atoms. The molecule has 5 heteroatoms. The molecule has 5 nitrogen and oxygen atoms in total. The number of carbonyl (C=O) groups is 1. The molecule has 0 saturated carbocycles. The number of ether oxygens (including phenoxy) is 3. The lowest BCUT2D eigenvalue weighted by Gasteiger charge is -2.18. The fourth-order valence-corrected chi connectivity index (χ4v) is 2.61. The monoisotopic (exact) mass is 343 g/mol. The van der Waals surface area contributed by atoms with E-state index in [4.69, 9.17) is 14.2 Å². The number of nitrogens with zero attached hydrogens (tertiary/aromatic N) is 1. The highest BCUT2D eigenvalue weighted by atomic mass is 16.5. The number of rotatable bonds is 8. The molecule has 0 fully saturated rings.